The zero-order valence-corrected chi connectivity index (χ0v) is 11.1. The van der Waals surface area contributed by atoms with Gasteiger partial charge in [0.25, 0.3) is 0 Å². The van der Waals surface area contributed by atoms with Crippen LogP contribution in [0, 0.1) is 11.7 Å². The molecule has 1 aromatic carbocycles. The molecule has 1 N–H and O–H groups in total. The molecule has 2 nitrogen and oxygen atoms in total. The predicted molar refractivity (Wildman–Crippen MR) is 64.7 cm³/mol. The van der Waals surface area contributed by atoms with Gasteiger partial charge in [-0.15, -0.1) is 0 Å². The molecule has 1 aromatic rings. The van der Waals surface area contributed by atoms with Gasteiger partial charge in [0, 0.05) is 5.92 Å². The van der Waals surface area contributed by atoms with E-state index >= 15 is 0 Å². The topological polar surface area (TPSA) is 37.3 Å². The van der Waals surface area contributed by atoms with Gasteiger partial charge in [-0.2, -0.15) is 0 Å². The lowest BCUT2D eigenvalue weighted by atomic mass is 10.1. The number of halogens is 5. The SMILES string of the molecule is O=C(O)C1C(c2cc(Cl)c(F)c(Cl)c2)C1(Cl)Cl. The first kappa shape index (κ1) is 13.2. The summed E-state index contributed by atoms with van der Waals surface area (Å²) in [7, 11) is 0. The number of carboxylic acid groups (broad SMARTS) is 1. The smallest absolute Gasteiger partial charge is 0.310 e. The second kappa shape index (κ2) is 4.16. The summed E-state index contributed by atoms with van der Waals surface area (Å²) < 4.78 is 11.8. The van der Waals surface area contributed by atoms with Gasteiger partial charge in [0.2, 0.25) is 0 Å². The first-order chi connectivity index (χ1) is 7.76. The number of alkyl halides is 2. The van der Waals surface area contributed by atoms with Crippen molar-refractivity contribution < 1.29 is 14.3 Å². The molecule has 7 heteroatoms. The van der Waals surface area contributed by atoms with Crippen LogP contribution >= 0.6 is 46.4 Å². The number of hydrogen-bond donors (Lipinski definition) is 1. The van der Waals surface area contributed by atoms with Crippen LogP contribution in [-0.4, -0.2) is 15.4 Å². The molecule has 0 aliphatic heterocycles. The molecule has 2 atom stereocenters. The summed E-state index contributed by atoms with van der Waals surface area (Å²) in [4.78, 5) is 10.9. The fraction of sp³-hybridized carbons (Fsp3) is 0.300. The van der Waals surface area contributed by atoms with Gasteiger partial charge in [0.1, 0.15) is 4.33 Å². The van der Waals surface area contributed by atoms with Gasteiger partial charge >= 0.3 is 5.97 Å². The van der Waals surface area contributed by atoms with Crippen LogP contribution in [0.4, 0.5) is 4.39 Å². The first-order valence-electron chi connectivity index (χ1n) is 4.52. The lowest BCUT2D eigenvalue weighted by Crippen LogP contribution is -2.03. The maximum atomic E-state index is 13.2. The van der Waals surface area contributed by atoms with E-state index in [1.165, 1.54) is 12.1 Å². The molecule has 1 saturated carbocycles. The molecule has 0 spiro atoms. The molecular weight excluding hydrogens is 313 g/mol. The van der Waals surface area contributed by atoms with Crippen molar-refractivity contribution in [2.24, 2.45) is 5.92 Å². The molecule has 17 heavy (non-hydrogen) atoms. The monoisotopic (exact) mass is 316 g/mol. The van der Waals surface area contributed by atoms with Crippen LogP contribution in [0.2, 0.25) is 10.0 Å². The summed E-state index contributed by atoms with van der Waals surface area (Å²) >= 11 is 22.9. The van der Waals surface area contributed by atoms with Crippen LogP contribution < -0.4 is 0 Å². The molecule has 2 rings (SSSR count). The maximum Gasteiger partial charge on any atom is 0.310 e. The number of aliphatic carboxylic acids is 1. The summed E-state index contributed by atoms with van der Waals surface area (Å²) in [5.41, 5.74) is 0.416. The lowest BCUT2D eigenvalue weighted by Gasteiger charge is -2.04. The van der Waals surface area contributed by atoms with E-state index in [2.05, 4.69) is 0 Å². The molecule has 1 aliphatic carbocycles. The van der Waals surface area contributed by atoms with Crippen molar-refractivity contribution in [1.29, 1.82) is 0 Å². The Labute approximate surface area is 116 Å². The predicted octanol–water partition coefficient (Wildman–Crippen LogP) is 4.10. The molecular formula is C10H5Cl4FO2. The minimum Gasteiger partial charge on any atom is -0.481 e. The van der Waals surface area contributed by atoms with Crippen LogP contribution in [-0.2, 0) is 4.79 Å². The van der Waals surface area contributed by atoms with Gasteiger partial charge in [-0.1, -0.05) is 46.4 Å². The second-order valence-electron chi connectivity index (χ2n) is 3.77. The first-order valence-corrected chi connectivity index (χ1v) is 6.03. The summed E-state index contributed by atoms with van der Waals surface area (Å²) in [6, 6.07) is 2.58. The molecule has 0 bridgehead atoms. The zero-order valence-electron chi connectivity index (χ0n) is 8.05. The molecule has 2 unspecified atom stereocenters. The third-order valence-corrected chi connectivity index (χ3v) is 4.18. The van der Waals surface area contributed by atoms with Crippen LogP contribution in [0.15, 0.2) is 12.1 Å². The molecule has 0 aromatic heterocycles. The number of rotatable bonds is 2. The Hall–Kier alpha value is -0.220. The largest absolute Gasteiger partial charge is 0.481 e. The highest BCUT2D eigenvalue weighted by atomic mass is 35.5. The number of carbonyl (C=O) groups is 1. The Morgan fingerprint density at radius 2 is 1.76 bits per heavy atom. The van der Waals surface area contributed by atoms with Crippen LogP contribution in [0.1, 0.15) is 11.5 Å². The van der Waals surface area contributed by atoms with E-state index in [-0.39, 0.29) is 10.0 Å². The highest BCUT2D eigenvalue weighted by Crippen LogP contribution is 2.65. The minimum absolute atomic E-state index is 0.187. The van der Waals surface area contributed by atoms with Crippen molar-refractivity contribution in [3.05, 3.63) is 33.6 Å². The van der Waals surface area contributed by atoms with E-state index in [1.54, 1.807) is 0 Å². The maximum absolute atomic E-state index is 13.2. The Kier molecular flexibility index (Phi) is 3.24. The minimum atomic E-state index is -1.41. The average molecular weight is 318 g/mol. The standard InChI is InChI=1S/C10H5Cl4FO2/c11-4-1-3(2-5(12)8(4)15)6-7(9(16)17)10(6,13)14/h1-2,6-7H,(H,16,17). The molecule has 0 radical (unpaired) electrons. The Bertz CT molecular complexity index is 480. The van der Waals surface area contributed by atoms with Gasteiger partial charge in [-0.05, 0) is 17.7 Å². The van der Waals surface area contributed by atoms with Gasteiger partial charge in [-0.3, -0.25) is 4.79 Å². The number of hydrogen-bond acceptors (Lipinski definition) is 1. The number of benzene rings is 1. The summed E-state index contributed by atoms with van der Waals surface area (Å²) in [5.74, 6) is -3.45. The third-order valence-electron chi connectivity index (χ3n) is 2.68. The highest BCUT2D eigenvalue weighted by molar-refractivity contribution is 6.53. The van der Waals surface area contributed by atoms with Crippen molar-refractivity contribution in [3.63, 3.8) is 0 Å². The van der Waals surface area contributed by atoms with E-state index in [1.807, 2.05) is 0 Å². The average Bonchev–Trinajstić information content (AvgIpc) is 2.77. The Morgan fingerprint density at radius 1 is 1.29 bits per heavy atom. The van der Waals surface area contributed by atoms with E-state index in [9.17, 15) is 9.18 Å². The third kappa shape index (κ3) is 2.10. The Balaban J connectivity index is 2.41. The van der Waals surface area contributed by atoms with E-state index < -0.39 is 28.0 Å². The second-order valence-corrected chi connectivity index (χ2v) is 6.03. The fourth-order valence-corrected chi connectivity index (χ4v) is 3.12. The van der Waals surface area contributed by atoms with Crippen molar-refractivity contribution in [2.45, 2.75) is 10.3 Å². The summed E-state index contributed by atoms with van der Waals surface area (Å²) in [6.45, 7) is 0. The molecule has 0 saturated heterocycles. The summed E-state index contributed by atoms with van der Waals surface area (Å²) in [5, 5.41) is 8.53. The summed E-state index contributed by atoms with van der Waals surface area (Å²) in [6.07, 6.45) is 0. The van der Waals surface area contributed by atoms with E-state index in [0.717, 1.165) is 0 Å². The van der Waals surface area contributed by atoms with Crippen LogP contribution in [0.25, 0.3) is 0 Å². The lowest BCUT2D eigenvalue weighted by molar-refractivity contribution is -0.138. The molecule has 0 amide bonds. The van der Waals surface area contributed by atoms with Crippen LogP contribution in [0.5, 0.6) is 0 Å². The zero-order chi connectivity index (χ0) is 13.0. The van der Waals surface area contributed by atoms with Gasteiger partial charge in [0.05, 0.1) is 16.0 Å². The van der Waals surface area contributed by atoms with Gasteiger partial charge < -0.3 is 5.11 Å². The van der Waals surface area contributed by atoms with Crippen molar-refractivity contribution in [2.75, 3.05) is 0 Å². The van der Waals surface area contributed by atoms with Crippen molar-refractivity contribution in [3.8, 4) is 0 Å². The quantitative estimate of drug-likeness (QED) is 0.658. The van der Waals surface area contributed by atoms with E-state index in [4.69, 9.17) is 51.5 Å². The van der Waals surface area contributed by atoms with Crippen molar-refractivity contribution >= 4 is 52.4 Å². The van der Waals surface area contributed by atoms with Crippen LogP contribution in [0.3, 0.4) is 0 Å². The van der Waals surface area contributed by atoms with E-state index in [0.29, 0.717) is 5.56 Å². The normalized spacial score (nSPS) is 25.7. The highest BCUT2D eigenvalue weighted by Gasteiger charge is 2.68. The number of carboxylic acids is 1. The fourth-order valence-electron chi connectivity index (χ4n) is 1.80. The molecule has 0 heterocycles. The Morgan fingerprint density at radius 3 is 2.12 bits per heavy atom. The molecule has 1 aliphatic rings. The van der Waals surface area contributed by atoms with Gasteiger partial charge in [-0.25, -0.2) is 4.39 Å². The molecule has 1 fully saturated rings. The van der Waals surface area contributed by atoms with Crippen molar-refractivity contribution in [1.82, 2.24) is 0 Å². The van der Waals surface area contributed by atoms with Gasteiger partial charge in [0.15, 0.2) is 5.82 Å². The molecule has 92 valence electrons.